The molecule has 0 spiro atoms. The molecular formula is C18H18ClNO3. The summed E-state index contributed by atoms with van der Waals surface area (Å²) in [6.07, 6.45) is 1.06. The second kappa shape index (κ2) is 6.20. The molecule has 0 aliphatic heterocycles. The number of carbonyl (C=O) groups is 2. The lowest BCUT2D eigenvalue weighted by Gasteiger charge is -2.22. The summed E-state index contributed by atoms with van der Waals surface area (Å²) in [6.45, 7) is 3.85. The Morgan fingerprint density at radius 2 is 2.09 bits per heavy atom. The van der Waals surface area contributed by atoms with Gasteiger partial charge in [0, 0.05) is 22.7 Å². The molecule has 0 bridgehead atoms. The summed E-state index contributed by atoms with van der Waals surface area (Å²) in [4.78, 5) is 27.7. The van der Waals surface area contributed by atoms with Crippen LogP contribution in [0.15, 0.2) is 24.3 Å². The van der Waals surface area contributed by atoms with E-state index in [0.717, 1.165) is 11.3 Å². The topological polar surface area (TPSA) is 59.2 Å². The van der Waals surface area contributed by atoms with Crippen molar-refractivity contribution in [2.45, 2.75) is 32.6 Å². The van der Waals surface area contributed by atoms with Gasteiger partial charge in [0.15, 0.2) is 5.78 Å². The first-order chi connectivity index (χ1) is 11.0. The molecule has 0 radical (unpaired) electrons. The van der Waals surface area contributed by atoms with Gasteiger partial charge in [0.2, 0.25) is 0 Å². The third kappa shape index (κ3) is 2.79. The molecule has 1 N–H and O–H groups in total. The van der Waals surface area contributed by atoms with E-state index in [1.807, 2.05) is 24.3 Å². The number of rotatable bonds is 3. The third-order valence-corrected chi connectivity index (χ3v) is 4.66. The summed E-state index contributed by atoms with van der Waals surface area (Å²) >= 11 is 6.26. The third-order valence-electron chi connectivity index (χ3n) is 4.31. The molecule has 0 saturated carbocycles. The van der Waals surface area contributed by atoms with Gasteiger partial charge in [0.1, 0.15) is 5.69 Å². The highest BCUT2D eigenvalue weighted by Gasteiger charge is 2.32. The average Bonchev–Trinajstić information content (AvgIpc) is 2.85. The van der Waals surface area contributed by atoms with Gasteiger partial charge < -0.3 is 9.72 Å². The van der Waals surface area contributed by atoms with Gasteiger partial charge in [-0.1, -0.05) is 29.8 Å². The van der Waals surface area contributed by atoms with Gasteiger partial charge in [0.25, 0.3) is 0 Å². The van der Waals surface area contributed by atoms with Crippen LogP contribution in [0.4, 0.5) is 0 Å². The average molecular weight is 332 g/mol. The highest BCUT2D eigenvalue weighted by molar-refractivity contribution is 6.31. The predicted molar refractivity (Wildman–Crippen MR) is 88.3 cm³/mol. The molecule has 5 heteroatoms. The molecule has 1 atom stereocenters. The summed E-state index contributed by atoms with van der Waals surface area (Å²) in [5.74, 6) is -0.348. The van der Waals surface area contributed by atoms with Crippen molar-refractivity contribution >= 4 is 23.4 Å². The zero-order chi connectivity index (χ0) is 16.6. The molecule has 1 heterocycles. The van der Waals surface area contributed by atoms with Crippen molar-refractivity contribution in [3.05, 3.63) is 57.4 Å². The smallest absolute Gasteiger partial charge is 0.355 e. The van der Waals surface area contributed by atoms with Crippen molar-refractivity contribution in [1.82, 2.24) is 4.98 Å². The highest BCUT2D eigenvalue weighted by Crippen LogP contribution is 2.37. The van der Waals surface area contributed by atoms with Gasteiger partial charge in [-0.15, -0.1) is 0 Å². The van der Waals surface area contributed by atoms with Crippen LogP contribution in [0.1, 0.15) is 56.9 Å². The van der Waals surface area contributed by atoms with E-state index >= 15 is 0 Å². The summed E-state index contributed by atoms with van der Waals surface area (Å²) in [7, 11) is 0. The monoisotopic (exact) mass is 331 g/mol. The lowest BCUT2D eigenvalue weighted by molar-refractivity contribution is 0.0519. The SMILES string of the molecule is CCOC(=O)c1[nH]c2c(c1C)C(=O)C[C@@H](c1ccccc1Cl)C2. The second-order valence-corrected chi connectivity index (χ2v) is 6.16. The molecule has 23 heavy (non-hydrogen) atoms. The molecule has 0 unspecified atom stereocenters. The first kappa shape index (κ1) is 15.8. The van der Waals surface area contributed by atoms with Crippen molar-refractivity contribution in [2.75, 3.05) is 6.61 Å². The summed E-state index contributed by atoms with van der Waals surface area (Å²) < 4.78 is 5.05. The number of H-pyrrole nitrogens is 1. The number of Topliss-reactive ketones (excluding diaryl/α,β-unsaturated/α-hetero) is 1. The van der Waals surface area contributed by atoms with Gasteiger partial charge in [-0.3, -0.25) is 4.79 Å². The van der Waals surface area contributed by atoms with Gasteiger partial charge in [-0.25, -0.2) is 4.79 Å². The fourth-order valence-corrected chi connectivity index (χ4v) is 3.56. The molecule has 1 aliphatic rings. The Bertz CT molecular complexity index is 779. The summed E-state index contributed by atoms with van der Waals surface area (Å²) in [5, 5.41) is 0.669. The van der Waals surface area contributed by atoms with Crippen LogP contribution < -0.4 is 0 Å². The van der Waals surface area contributed by atoms with E-state index in [0.29, 0.717) is 41.3 Å². The minimum atomic E-state index is -0.415. The molecule has 4 nitrogen and oxygen atoms in total. The number of carbonyl (C=O) groups excluding carboxylic acids is 2. The molecule has 3 rings (SSSR count). The van der Waals surface area contributed by atoms with E-state index in [9.17, 15) is 9.59 Å². The van der Waals surface area contributed by atoms with E-state index in [1.165, 1.54) is 0 Å². The van der Waals surface area contributed by atoms with Crippen molar-refractivity contribution < 1.29 is 14.3 Å². The molecule has 120 valence electrons. The van der Waals surface area contributed by atoms with E-state index < -0.39 is 5.97 Å². The van der Waals surface area contributed by atoms with E-state index in [-0.39, 0.29) is 11.7 Å². The molecule has 0 saturated heterocycles. The van der Waals surface area contributed by atoms with E-state index in [1.54, 1.807) is 13.8 Å². The number of ketones is 1. The molecule has 0 amide bonds. The van der Waals surface area contributed by atoms with Gasteiger partial charge in [-0.05, 0) is 43.4 Å². The standard InChI is InChI=1S/C18H18ClNO3/c1-3-23-18(22)17-10(2)16-14(20-17)8-11(9-15(16)21)12-6-4-5-7-13(12)19/h4-7,11,20H,3,8-9H2,1-2H3/t11-/m0/s1. The lowest BCUT2D eigenvalue weighted by Crippen LogP contribution is -2.18. The van der Waals surface area contributed by atoms with Crippen LogP contribution in [-0.4, -0.2) is 23.3 Å². The highest BCUT2D eigenvalue weighted by atomic mass is 35.5. The van der Waals surface area contributed by atoms with Crippen molar-refractivity contribution in [2.24, 2.45) is 0 Å². The number of aromatic nitrogens is 1. The maximum atomic E-state index is 12.6. The first-order valence-electron chi connectivity index (χ1n) is 7.69. The van der Waals surface area contributed by atoms with Crippen molar-refractivity contribution in [3.8, 4) is 0 Å². The fourth-order valence-electron chi connectivity index (χ4n) is 3.27. The Kier molecular flexibility index (Phi) is 4.26. The Labute approximate surface area is 139 Å². The molecule has 2 aromatic rings. The van der Waals surface area contributed by atoms with E-state index in [2.05, 4.69) is 4.98 Å². The summed E-state index contributed by atoms with van der Waals surface area (Å²) in [5.41, 5.74) is 3.47. The minimum Gasteiger partial charge on any atom is -0.461 e. The Balaban J connectivity index is 1.98. The van der Waals surface area contributed by atoms with Crippen LogP contribution >= 0.6 is 11.6 Å². The predicted octanol–water partition coefficient (Wildman–Crippen LogP) is 4.07. The molecule has 1 aromatic heterocycles. The number of benzene rings is 1. The zero-order valence-electron chi connectivity index (χ0n) is 13.1. The van der Waals surface area contributed by atoms with Gasteiger partial charge in [-0.2, -0.15) is 0 Å². The summed E-state index contributed by atoms with van der Waals surface area (Å²) in [6, 6.07) is 7.58. The Hall–Kier alpha value is -2.07. The molecule has 1 aliphatic carbocycles. The largest absolute Gasteiger partial charge is 0.461 e. The minimum absolute atomic E-state index is 0.0248. The van der Waals surface area contributed by atoms with Crippen molar-refractivity contribution in [1.29, 1.82) is 0 Å². The fraction of sp³-hybridized carbons (Fsp3) is 0.333. The quantitative estimate of drug-likeness (QED) is 0.863. The number of aromatic amines is 1. The van der Waals surface area contributed by atoms with Crippen LogP contribution in [-0.2, 0) is 11.2 Å². The normalized spacial score (nSPS) is 17.0. The second-order valence-electron chi connectivity index (χ2n) is 5.75. The number of nitrogens with one attached hydrogen (secondary N) is 1. The number of hydrogen-bond acceptors (Lipinski definition) is 3. The van der Waals surface area contributed by atoms with Gasteiger partial charge >= 0.3 is 5.97 Å². The van der Waals surface area contributed by atoms with Crippen LogP contribution in [0.5, 0.6) is 0 Å². The number of fused-ring (bicyclic) bond motifs is 1. The molecular weight excluding hydrogens is 314 g/mol. The number of hydrogen-bond donors (Lipinski definition) is 1. The van der Waals surface area contributed by atoms with Gasteiger partial charge in [0.05, 0.1) is 6.61 Å². The maximum Gasteiger partial charge on any atom is 0.355 e. The van der Waals surface area contributed by atoms with E-state index in [4.69, 9.17) is 16.3 Å². The number of esters is 1. The van der Waals surface area contributed by atoms with Crippen LogP contribution in [0, 0.1) is 6.92 Å². The van der Waals surface area contributed by atoms with Crippen LogP contribution in [0.25, 0.3) is 0 Å². The molecule has 0 fully saturated rings. The lowest BCUT2D eigenvalue weighted by atomic mass is 9.81. The number of halogens is 1. The Morgan fingerprint density at radius 1 is 1.35 bits per heavy atom. The van der Waals surface area contributed by atoms with Crippen LogP contribution in [0.2, 0.25) is 5.02 Å². The van der Waals surface area contributed by atoms with Crippen LogP contribution in [0.3, 0.4) is 0 Å². The Morgan fingerprint density at radius 3 is 2.78 bits per heavy atom. The maximum absolute atomic E-state index is 12.6. The molecule has 1 aromatic carbocycles. The number of ether oxygens (including phenoxy) is 1. The first-order valence-corrected chi connectivity index (χ1v) is 8.06. The van der Waals surface area contributed by atoms with Crippen molar-refractivity contribution in [3.63, 3.8) is 0 Å². The zero-order valence-corrected chi connectivity index (χ0v) is 13.9.